The largest absolute Gasteiger partial charge is 0.236 e. The van der Waals surface area contributed by atoms with Crippen molar-refractivity contribution >= 4 is 15.9 Å². The Labute approximate surface area is 93.2 Å². The number of hydrogen-bond acceptors (Lipinski definition) is 0. The predicted molar refractivity (Wildman–Crippen MR) is 37.7 cm³/mol. The molecule has 3 heteroatoms. The van der Waals surface area contributed by atoms with E-state index in [1.165, 1.54) is 6.07 Å². The summed E-state index contributed by atoms with van der Waals surface area (Å²) in [5.41, 5.74) is 0.807. The molecule has 0 saturated heterocycles. The molecule has 0 aliphatic carbocycles. The number of rotatable bonds is 0. The van der Waals surface area contributed by atoms with Gasteiger partial charge >= 0.3 is 0 Å². The molecule has 0 aliphatic heterocycles. The van der Waals surface area contributed by atoms with Gasteiger partial charge in [0.15, 0.2) is 0 Å². The topological polar surface area (TPSA) is 0 Å². The molecular weight excluding hydrogens is 272 g/mol. The van der Waals surface area contributed by atoms with E-state index in [-0.39, 0.29) is 38.5 Å². The van der Waals surface area contributed by atoms with Crippen molar-refractivity contribution < 1.29 is 37.1 Å². The van der Waals surface area contributed by atoms with Gasteiger partial charge in [-0.1, -0.05) is 27.3 Å². The smallest absolute Gasteiger partial charge is 0.0121 e. The normalized spacial score (nSPS) is 8.70. The summed E-state index contributed by atoms with van der Waals surface area (Å²) >= 11 is 3.15. The Morgan fingerprint density at radius 1 is 1.50 bits per heavy atom. The number of aryl methyl sites for hydroxylation is 1. The maximum atomic E-state index is 12.3. The van der Waals surface area contributed by atoms with E-state index < -0.39 is 0 Å². The van der Waals surface area contributed by atoms with Crippen LogP contribution in [0.15, 0.2) is 16.6 Å². The Bertz CT molecular complexity index is 174. The van der Waals surface area contributed by atoms with Crippen LogP contribution in [0.1, 0.15) is 5.56 Å². The second-order valence-electron chi connectivity index (χ2n) is 1.83. The first-order chi connectivity index (χ1) is 4.18. The fourth-order valence-corrected chi connectivity index (χ4v) is 1.17. The van der Waals surface area contributed by atoms with Crippen molar-refractivity contribution in [2.75, 3.05) is 0 Å². The Morgan fingerprint density at radius 2 is 2.10 bits per heavy atom. The van der Waals surface area contributed by atoms with Crippen LogP contribution in [0.4, 0.5) is 4.39 Å². The second kappa shape index (κ2) is 4.58. The van der Waals surface area contributed by atoms with Gasteiger partial charge in [-0.25, -0.2) is 4.39 Å². The molecule has 1 aromatic rings. The zero-order valence-electron chi connectivity index (χ0n) is 5.49. The maximum absolute atomic E-state index is 12.3. The molecule has 1 rings (SSSR count). The molecule has 0 aromatic heterocycles. The molecule has 0 nitrogen and oxygen atoms in total. The van der Waals surface area contributed by atoms with E-state index in [4.69, 9.17) is 0 Å². The van der Waals surface area contributed by atoms with Crippen LogP contribution in [0.2, 0.25) is 0 Å². The van der Waals surface area contributed by atoms with Crippen LogP contribution in [0.25, 0.3) is 0 Å². The van der Waals surface area contributed by atoms with E-state index in [9.17, 15) is 4.39 Å². The minimum absolute atomic E-state index is 0. The van der Waals surface area contributed by atoms with Gasteiger partial charge < -0.3 is 0 Å². The van der Waals surface area contributed by atoms with E-state index >= 15 is 0 Å². The molecule has 0 N–H and O–H groups in total. The molecule has 0 bridgehead atoms. The summed E-state index contributed by atoms with van der Waals surface area (Å²) in [5.74, 6) is -0.318. The number of benzene rings is 1. The molecule has 0 saturated carbocycles. The van der Waals surface area contributed by atoms with E-state index in [1.54, 1.807) is 6.92 Å². The Kier molecular flexibility index (Phi) is 4.92. The minimum atomic E-state index is -0.318. The molecule has 0 amide bonds. The summed E-state index contributed by atoms with van der Waals surface area (Å²) in [5, 5.41) is 0. The quantitative estimate of drug-likeness (QED) is 0.639. The SMILES string of the molecule is Cc1[c-]c(F)cc(Br)c1.[Y]. The van der Waals surface area contributed by atoms with Gasteiger partial charge in [0.25, 0.3) is 0 Å². The summed E-state index contributed by atoms with van der Waals surface area (Å²) in [4.78, 5) is 0. The number of hydrogen-bond donors (Lipinski definition) is 0. The summed E-state index contributed by atoms with van der Waals surface area (Å²) in [6, 6.07) is 5.70. The van der Waals surface area contributed by atoms with Gasteiger partial charge in [0.2, 0.25) is 0 Å². The maximum Gasteiger partial charge on any atom is 0.0121 e. The third-order valence-corrected chi connectivity index (χ3v) is 1.39. The number of halogens is 2. The van der Waals surface area contributed by atoms with Crippen molar-refractivity contribution in [2.24, 2.45) is 0 Å². The van der Waals surface area contributed by atoms with E-state index in [0.717, 1.165) is 10.0 Å². The third-order valence-electron chi connectivity index (χ3n) is 0.936. The minimum Gasteiger partial charge on any atom is -0.236 e. The monoisotopic (exact) mass is 276 g/mol. The molecule has 1 aromatic carbocycles. The molecule has 51 valence electrons. The van der Waals surface area contributed by atoms with Gasteiger partial charge in [-0.2, -0.15) is 11.6 Å². The van der Waals surface area contributed by atoms with Gasteiger partial charge in [0.1, 0.15) is 0 Å². The molecule has 0 unspecified atom stereocenters. The van der Waals surface area contributed by atoms with Crippen LogP contribution in [0.3, 0.4) is 0 Å². The van der Waals surface area contributed by atoms with E-state index in [2.05, 4.69) is 22.0 Å². The molecule has 0 fully saturated rings. The summed E-state index contributed by atoms with van der Waals surface area (Å²) in [6.45, 7) is 1.80. The Hall–Kier alpha value is 0.734. The molecule has 0 atom stereocenters. The van der Waals surface area contributed by atoms with Gasteiger partial charge in [0, 0.05) is 38.5 Å². The van der Waals surface area contributed by atoms with Crippen molar-refractivity contribution in [3.05, 3.63) is 34.1 Å². The Balaban J connectivity index is 0.000000810. The zero-order valence-corrected chi connectivity index (χ0v) is 9.91. The molecule has 1 radical (unpaired) electrons. The third kappa shape index (κ3) is 3.22. The fourth-order valence-electron chi connectivity index (χ4n) is 0.630. The van der Waals surface area contributed by atoms with Crippen molar-refractivity contribution in [3.63, 3.8) is 0 Å². The standard InChI is InChI=1S/C7H5BrF.Y/c1-5-2-6(8)4-7(9)3-5;/h2,4H,1H3;/q-1;. The van der Waals surface area contributed by atoms with Crippen molar-refractivity contribution in [2.45, 2.75) is 6.92 Å². The van der Waals surface area contributed by atoms with Crippen molar-refractivity contribution in [1.29, 1.82) is 0 Å². The van der Waals surface area contributed by atoms with Crippen LogP contribution < -0.4 is 0 Å². The second-order valence-corrected chi connectivity index (χ2v) is 2.75. The van der Waals surface area contributed by atoms with Crippen molar-refractivity contribution in [3.8, 4) is 0 Å². The van der Waals surface area contributed by atoms with Gasteiger partial charge in [-0.15, -0.1) is 12.1 Å². The van der Waals surface area contributed by atoms with Gasteiger partial charge in [-0.3, -0.25) is 0 Å². The van der Waals surface area contributed by atoms with Crippen LogP contribution in [-0.2, 0) is 32.7 Å². The van der Waals surface area contributed by atoms with Gasteiger partial charge in [-0.05, 0) is 0 Å². The van der Waals surface area contributed by atoms with Crippen LogP contribution in [0, 0.1) is 18.8 Å². The van der Waals surface area contributed by atoms with Crippen LogP contribution in [-0.4, -0.2) is 0 Å². The van der Waals surface area contributed by atoms with Gasteiger partial charge in [0.05, 0.1) is 0 Å². The molecule has 0 heterocycles. The molecule has 10 heavy (non-hydrogen) atoms. The summed E-state index contributed by atoms with van der Waals surface area (Å²) < 4.78 is 13.1. The fraction of sp³-hybridized carbons (Fsp3) is 0.143. The summed E-state index contributed by atoms with van der Waals surface area (Å²) in [7, 11) is 0. The van der Waals surface area contributed by atoms with E-state index in [0.29, 0.717) is 0 Å². The average molecular weight is 277 g/mol. The van der Waals surface area contributed by atoms with Crippen molar-refractivity contribution in [1.82, 2.24) is 0 Å². The molecular formula is C7H5BrFY-. The Morgan fingerprint density at radius 3 is 2.50 bits per heavy atom. The molecule has 0 spiro atoms. The van der Waals surface area contributed by atoms with E-state index in [1.807, 2.05) is 6.07 Å². The zero-order chi connectivity index (χ0) is 6.85. The first-order valence-electron chi connectivity index (χ1n) is 2.53. The average Bonchev–Trinajstić information content (AvgIpc) is 1.59. The van der Waals surface area contributed by atoms with Crippen LogP contribution in [0.5, 0.6) is 0 Å². The first kappa shape index (κ1) is 10.7. The first-order valence-corrected chi connectivity index (χ1v) is 3.33. The molecule has 0 aliphatic rings. The summed E-state index contributed by atoms with van der Waals surface area (Å²) in [6.07, 6.45) is 0. The predicted octanol–water partition coefficient (Wildman–Crippen LogP) is 2.69. The van der Waals surface area contributed by atoms with Crippen LogP contribution >= 0.6 is 15.9 Å².